The molecule has 5 heteroatoms. The third-order valence-electron chi connectivity index (χ3n) is 7.22. The van der Waals surface area contributed by atoms with E-state index in [1.165, 1.54) is 6.07 Å². The lowest BCUT2D eigenvalue weighted by Gasteiger charge is -2.37. The second kappa shape index (κ2) is 10.3. The summed E-state index contributed by atoms with van der Waals surface area (Å²) in [5, 5.41) is 10.4. The van der Waals surface area contributed by atoms with Crippen LogP contribution in [0.1, 0.15) is 22.3 Å². The van der Waals surface area contributed by atoms with Gasteiger partial charge in [0.05, 0.1) is 31.5 Å². The van der Waals surface area contributed by atoms with Crippen molar-refractivity contribution in [1.29, 1.82) is 0 Å². The zero-order chi connectivity index (χ0) is 25.0. The molecule has 0 spiro atoms. The Kier molecular flexibility index (Phi) is 6.99. The smallest absolute Gasteiger partial charge is 0.143 e. The molecule has 36 heavy (non-hydrogen) atoms. The van der Waals surface area contributed by atoms with Gasteiger partial charge in [0.15, 0.2) is 0 Å². The Morgan fingerprint density at radius 1 is 0.806 bits per heavy atom. The van der Waals surface area contributed by atoms with Gasteiger partial charge in [0.1, 0.15) is 11.4 Å². The molecule has 0 saturated carbocycles. The minimum Gasteiger partial charge on any atom is -0.396 e. The van der Waals surface area contributed by atoms with Crippen molar-refractivity contribution in [3.05, 3.63) is 143 Å². The lowest BCUT2D eigenvalue weighted by atomic mass is 9.78. The van der Waals surface area contributed by atoms with Gasteiger partial charge in [0.25, 0.3) is 0 Å². The number of halogens is 1. The third-order valence-corrected chi connectivity index (χ3v) is 7.22. The van der Waals surface area contributed by atoms with E-state index in [4.69, 9.17) is 15.2 Å². The zero-order valence-corrected chi connectivity index (χ0v) is 20.0. The number of nitrogens with two attached hydrogens (primary N) is 1. The van der Waals surface area contributed by atoms with E-state index in [2.05, 4.69) is 0 Å². The summed E-state index contributed by atoms with van der Waals surface area (Å²) in [6, 6.07) is 36.6. The molecular formula is C31H30FNO3. The van der Waals surface area contributed by atoms with E-state index in [0.29, 0.717) is 5.56 Å². The van der Waals surface area contributed by atoms with E-state index in [1.54, 1.807) is 18.2 Å². The van der Waals surface area contributed by atoms with Crippen LogP contribution in [-0.2, 0) is 20.6 Å². The summed E-state index contributed by atoms with van der Waals surface area (Å²) < 4.78 is 27.7. The molecule has 4 nitrogen and oxygen atoms in total. The van der Waals surface area contributed by atoms with Gasteiger partial charge in [-0.3, -0.25) is 0 Å². The second-order valence-corrected chi connectivity index (χ2v) is 9.25. The first-order valence-corrected chi connectivity index (χ1v) is 12.2. The number of benzene rings is 4. The maximum absolute atomic E-state index is 14.7. The maximum Gasteiger partial charge on any atom is 0.143 e. The van der Waals surface area contributed by atoms with Gasteiger partial charge < -0.3 is 20.3 Å². The lowest BCUT2D eigenvalue weighted by Crippen LogP contribution is -2.48. The summed E-state index contributed by atoms with van der Waals surface area (Å²) in [5.74, 6) is -0.953. The van der Waals surface area contributed by atoms with Crippen LogP contribution >= 0.6 is 0 Å². The average molecular weight is 484 g/mol. The van der Waals surface area contributed by atoms with Crippen LogP contribution in [0.4, 0.5) is 4.39 Å². The summed E-state index contributed by atoms with van der Waals surface area (Å²) in [6.45, 7) is -0.0205. The van der Waals surface area contributed by atoms with Crippen molar-refractivity contribution in [2.24, 2.45) is 11.7 Å². The Bertz CT molecular complexity index is 1170. The van der Waals surface area contributed by atoms with Gasteiger partial charge in [-0.2, -0.15) is 0 Å². The number of rotatable bonds is 8. The van der Waals surface area contributed by atoms with Gasteiger partial charge in [-0.1, -0.05) is 109 Å². The summed E-state index contributed by atoms with van der Waals surface area (Å²) in [4.78, 5) is 0. The predicted molar refractivity (Wildman–Crippen MR) is 138 cm³/mol. The molecule has 0 aromatic heterocycles. The number of hydrogen-bond acceptors (Lipinski definition) is 4. The largest absolute Gasteiger partial charge is 0.396 e. The Labute approximate surface area is 211 Å². The van der Waals surface area contributed by atoms with Crippen LogP contribution in [-0.4, -0.2) is 31.0 Å². The second-order valence-electron chi connectivity index (χ2n) is 9.25. The quantitative estimate of drug-likeness (QED) is 0.347. The highest BCUT2D eigenvalue weighted by atomic mass is 19.1. The molecule has 0 unspecified atom stereocenters. The molecule has 0 bridgehead atoms. The number of aliphatic hydroxyl groups excluding tert-OH is 1. The predicted octanol–water partition coefficient (Wildman–Crippen LogP) is 5.00. The van der Waals surface area contributed by atoms with Crippen molar-refractivity contribution in [1.82, 2.24) is 0 Å². The van der Waals surface area contributed by atoms with E-state index in [-0.39, 0.29) is 19.8 Å². The van der Waals surface area contributed by atoms with E-state index in [1.807, 2.05) is 91.0 Å². The minimum absolute atomic E-state index is 0.0855. The molecule has 3 N–H and O–H groups in total. The molecule has 0 amide bonds. The zero-order valence-electron chi connectivity index (χ0n) is 20.0. The van der Waals surface area contributed by atoms with Gasteiger partial charge >= 0.3 is 0 Å². The fraction of sp³-hybridized carbons (Fsp3) is 0.226. The number of ether oxygens (including phenoxy) is 2. The standard InChI is InChI=1S/C31H30FNO3/c32-28-19-11-10-18-26(28)30(33)22-35-29(27(30)20-34)21-36-31(23-12-4-1-5-13-23,24-14-6-2-7-15-24)25-16-8-3-9-17-25/h1-19,27,29,34H,20-22,33H2/t27-,29-,30-/m0/s1. The first kappa shape index (κ1) is 24.3. The van der Waals surface area contributed by atoms with Gasteiger partial charge in [-0.05, 0) is 22.8 Å². The molecule has 1 aliphatic heterocycles. The van der Waals surface area contributed by atoms with Crippen molar-refractivity contribution in [3.63, 3.8) is 0 Å². The van der Waals surface area contributed by atoms with Crippen LogP contribution in [0.15, 0.2) is 115 Å². The van der Waals surface area contributed by atoms with Crippen molar-refractivity contribution in [2.45, 2.75) is 17.2 Å². The average Bonchev–Trinajstić information content (AvgIpc) is 3.27. The van der Waals surface area contributed by atoms with Crippen LogP contribution in [0.2, 0.25) is 0 Å². The van der Waals surface area contributed by atoms with Gasteiger partial charge in [0.2, 0.25) is 0 Å². The molecule has 3 atom stereocenters. The molecule has 4 aromatic rings. The van der Waals surface area contributed by atoms with E-state index in [0.717, 1.165) is 16.7 Å². The Balaban J connectivity index is 1.55. The molecule has 1 fully saturated rings. The summed E-state index contributed by atoms with van der Waals surface area (Å²) >= 11 is 0. The summed E-state index contributed by atoms with van der Waals surface area (Å²) in [6.07, 6.45) is -0.532. The maximum atomic E-state index is 14.7. The van der Waals surface area contributed by atoms with Gasteiger partial charge in [-0.15, -0.1) is 0 Å². The lowest BCUT2D eigenvalue weighted by molar-refractivity contribution is -0.0603. The first-order valence-electron chi connectivity index (χ1n) is 12.2. The molecule has 1 saturated heterocycles. The number of hydrogen-bond donors (Lipinski definition) is 2. The SMILES string of the molecule is N[C@]1(c2ccccc2F)CO[C@@H](COC(c2ccccc2)(c2ccccc2)c2ccccc2)[C@@H]1CO. The van der Waals surface area contributed by atoms with E-state index < -0.39 is 29.0 Å². The topological polar surface area (TPSA) is 64.7 Å². The van der Waals surface area contributed by atoms with Crippen molar-refractivity contribution < 1.29 is 19.0 Å². The molecular weight excluding hydrogens is 453 g/mol. The van der Waals surface area contributed by atoms with Crippen LogP contribution in [0, 0.1) is 11.7 Å². The van der Waals surface area contributed by atoms with Crippen LogP contribution in [0.3, 0.4) is 0 Å². The highest BCUT2D eigenvalue weighted by Crippen LogP contribution is 2.43. The van der Waals surface area contributed by atoms with Crippen molar-refractivity contribution in [3.8, 4) is 0 Å². The highest BCUT2D eigenvalue weighted by molar-refractivity contribution is 5.47. The van der Waals surface area contributed by atoms with Crippen molar-refractivity contribution >= 4 is 0 Å². The molecule has 1 heterocycles. The Morgan fingerprint density at radius 3 is 1.75 bits per heavy atom. The normalized spacial score (nSPS) is 22.0. The van der Waals surface area contributed by atoms with E-state index >= 15 is 0 Å². The Morgan fingerprint density at radius 2 is 1.28 bits per heavy atom. The highest BCUT2D eigenvalue weighted by Gasteiger charge is 2.50. The Hall–Kier alpha value is -3.35. The fourth-order valence-electron chi connectivity index (χ4n) is 5.34. The molecule has 4 aromatic carbocycles. The van der Waals surface area contributed by atoms with Crippen molar-refractivity contribution in [2.75, 3.05) is 19.8 Å². The monoisotopic (exact) mass is 483 g/mol. The van der Waals surface area contributed by atoms with Gasteiger partial charge in [0, 0.05) is 11.5 Å². The molecule has 184 valence electrons. The van der Waals surface area contributed by atoms with Crippen LogP contribution in [0.25, 0.3) is 0 Å². The first-order chi connectivity index (χ1) is 17.6. The van der Waals surface area contributed by atoms with Gasteiger partial charge in [-0.25, -0.2) is 4.39 Å². The molecule has 5 rings (SSSR count). The molecule has 0 radical (unpaired) electrons. The van der Waals surface area contributed by atoms with E-state index in [9.17, 15) is 9.50 Å². The van der Waals surface area contributed by atoms with Crippen LogP contribution < -0.4 is 5.73 Å². The summed E-state index contributed by atoms with van der Waals surface area (Å²) in [7, 11) is 0. The fourth-order valence-corrected chi connectivity index (χ4v) is 5.34. The van der Waals surface area contributed by atoms with Crippen LogP contribution in [0.5, 0.6) is 0 Å². The minimum atomic E-state index is -1.16. The molecule has 0 aliphatic carbocycles. The number of aliphatic hydroxyl groups is 1. The summed E-state index contributed by atoms with van der Waals surface area (Å²) in [5.41, 5.74) is 7.87. The molecule has 1 aliphatic rings. The third kappa shape index (κ3) is 4.25.